The van der Waals surface area contributed by atoms with Gasteiger partial charge in [-0.15, -0.1) is 0 Å². The Morgan fingerprint density at radius 1 is 1.05 bits per heavy atom. The van der Waals surface area contributed by atoms with E-state index in [1.54, 1.807) is 0 Å². The van der Waals surface area contributed by atoms with Crippen LogP contribution in [0.1, 0.15) is 23.4 Å². The van der Waals surface area contributed by atoms with Gasteiger partial charge < -0.3 is 15.1 Å². The fraction of sp³-hybridized carbons (Fsp3) is 0.643. The Morgan fingerprint density at radius 3 is 2.20 bits per heavy atom. The van der Waals surface area contributed by atoms with Crippen LogP contribution in [0.4, 0.5) is 0 Å². The highest BCUT2D eigenvalue weighted by Gasteiger charge is 2.14. The third-order valence-electron chi connectivity index (χ3n) is 3.57. The van der Waals surface area contributed by atoms with E-state index in [0.29, 0.717) is 11.4 Å². The zero-order valence-corrected chi connectivity index (χ0v) is 12.4. The molecule has 112 valence electrons. The van der Waals surface area contributed by atoms with Crippen LogP contribution in [0, 0.1) is 0 Å². The van der Waals surface area contributed by atoms with E-state index in [4.69, 9.17) is 22.0 Å². The van der Waals surface area contributed by atoms with Crippen molar-refractivity contribution >= 4 is 11.8 Å². The number of pyridine rings is 1. The maximum Gasteiger partial charge on any atom is 0.0853 e. The van der Waals surface area contributed by atoms with Gasteiger partial charge in [-0.2, -0.15) is 0 Å². The fourth-order valence-corrected chi connectivity index (χ4v) is 2.63. The lowest BCUT2D eigenvalue weighted by Gasteiger charge is -2.30. The maximum absolute atomic E-state index is 9.17. The third kappa shape index (κ3) is 4.68. The highest BCUT2D eigenvalue weighted by Crippen LogP contribution is 2.11. The predicted octanol–water partition coefficient (Wildman–Crippen LogP) is 0.770. The number of aliphatic hydroxyl groups is 2. The molecule has 0 saturated carbocycles. The molecule has 0 amide bonds. The highest BCUT2D eigenvalue weighted by molar-refractivity contribution is 6.13. The molecule has 2 heterocycles. The van der Waals surface area contributed by atoms with Crippen LogP contribution in [0.2, 0.25) is 0 Å². The highest BCUT2D eigenvalue weighted by atomic mass is 35.5. The minimum absolute atomic E-state index is 0.0848. The van der Waals surface area contributed by atoms with Crippen LogP contribution in [0.5, 0.6) is 0 Å². The lowest BCUT2D eigenvalue weighted by atomic mass is 10.1. The van der Waals surface area contributed by atoms with Gasteiger partial charge in [0.1, 0.15) is 0 Å². The summed E-state index contributed by atoms with van der Waals surface area (Å²) >= 11 is 5.93. The summed E-state index contributed by atoms with van der Waals surface area (Å²) in [4.78, 5) is 6.56. The zero-order chi connectivity index (χ0) is 14.4. The summed E-state index contributed by atoms with van der Waals surface area (Å²) in [6.45, 7) is 4.75. The minimum Gasteiger partial charge on any atom is -0.390 e. The summed E-state index contributed by atoms with van der Waals surface area (Å²) in [5.74, 6) is 0. The average molecular weight is 300 g/mol. The van der Waals surface area contributed by atoms with E-state index < -0.39 is 0 Å². The molecule has 20 heavy (non-hydrogen) atoms. The van der Waals surface area contributed by atoms with Gasteiger partial charge in [0.25, 0.3) is 0 Å². The molecule has 2 rings (SSSR count). The van der Waals surface area contributed by atoms with E-state index in [2.05, 4.69) is 9.88 Å². The third-order valence-corrected chi connectivity index (χ3v) is 3.91. The van der Waals surface area contributed by atoms with Gasteiger partial charge >= 0.3 is 0 Å². The number of halogens is 1. The van der Waals surface area contributed by atoms with Crippen molar-refractivity contribution in [2.75, 3.05) is 32.7 Å². The number of rotatable bonds is 6. The second kappa shape index (κ2) is 7.90. The van der Waals surface area contributed by atoms with Gasteiger partial charge in [0.15, 0.2) is 0 Å². The maximum atomic E-state index is 9.17. The molecule has 1 aliphatic heterocycles. The molecule has 6 heteroatoms. The van der Waals surface area contributed by atoms with Gasteiger partial charge in [-0.3, -0.25) is 4.98 Å². The molecular weight excluding hydrogens is 278 g/mol. The summed E-state index contributed by atoms with van der Waals surface area (Å²) in [5, 5.41) is 18.3. The first kappa shape index (κ1) is 15.7. The van der Waals surface area contributed by atoms with E-state index in [0.717, 1.165) is 51.1 Å². The van der Waals surface area contributed by atoms with E-state index in [1.165, 1.54) is 0 Å². The van der Waals surface area contributed by atoms with Crippen molar-refractivity contribution in [3.8, 4) is 0 Å². The Hall–Kier alpha value is -0.720. The number of hydrogen-bond donors (Lipinski definition) is 2. The van der Waals surface area contributed by atoms with Crippen molar-refractivity contribution in [2.24, 2.45) is 0 Å². The van der Waals surface area contributed by atoms with Crippen molar-refractivity contribution in [1.29, 1.82) is 0 Å². The molecule has 1 aromatic heterocycles. The van der Waals surface area contributed by atoms with Crippen molar-refractivity contribution < 1.29 is 10.2 Å². The van der Waals surface area contributed by atoms with Gasteiger partial charge in [-0.05, 0) is 48.9 Å². The van der Waals surface area contributed by atoms with Gasteiger partial charge in [0, 0.05) is 26.2 Å². The SMILES string of the molecule is OCc1cc(CCCN2CCN(Cl)CC2)cc(CO)n1. The Morgan fingerprint density at radius 2 is 1.65 bits per heavy atom. The van der Waals surface area contributed by atoms with E-state index in [9.17, 15) is 0 Å². The monoisotopic (exact) mass is 299 g/mol. The normalized spacial score (nSPS) is 17.6. The van der Waals surface area contributed by atoms with Crippen LogP contribution < -0.4 is 0 Å². The molecule has 0 aliphatic carbocycles. The Balaban J connectivity index is 1.81. The van der Waals surface area contributed by atoms with Gasteiger partial charge in [0.2, 0.25) is 0 Å². The second-order valence-electron chi connectivity index (χ2n) is 5.13. The van der Waals surface area contributed by atoms with E-state index in [-0.39, 0.29) is 13.2 Å². The molecule has 0 unspecified atom stereocenters. The lowest BCUT2D eigenvalue weighted by molar-refractivity contribution is 0.190. The summed E-state index contributed by atoms with van der Waals surface area (Å²) in [6.07, 6.45) is 1.99. The van der Waals surface area contributed by atoms with Crippen molar-refractivity contribution in [2.45, 2.75) is 26.1 Å². The average Bonchev–Trinajstić information content (AvgIpc) is 2.49. The lowest BCUT2D eigenvalue weighted by Crippen LogP contribution is -2.42. The molecule has 0 atom stereocenters. The number of aliphatic hydroxyl groups excluding tert-OH is 2. The van der Waals surface area contributed by atoms with Crippen LogP contribution >= 0.6 is 11.8 Å². The molecule has 0 spiro atoms. The number of hydrogen-bond acceptors (Lipinski definition) is 5. The zero-order valence-electron chi connectivity index (χ0n) is 11.6. The standard InChI is InChI=1S/C14H22ClN3O2/c15-18-6-4-17(5-7-18)3-1-2-12-8-13(10-19)16-14(9-12)11-20/h8-9,19-20H,1-7,10-11H2. The van der Waals surface area contributed by atoms with Gasteiger partial charge in [-0.1, -0.05) is 0 Å². The Labute approximate surface area is 124 Å². The van der Waals surface area contributed by atoms with Crippen LogP contribution in [0.3, 0.4) is 0 Å². The first-order valence-corrected chi connectivity index (χ1v) is 7.38. The summed E-state index contributed by atoms with van der Waals surface area (Å²) in [5.41, 5.74) is 2.38. The van der Waals surface area contributed by atoms with Crippen LogP contribution in [0.15, 0.2) is 12.1 Å². The van der Waals surface area contributed by atoms with Crippen molar-refractivity contribution in [3.05, 3.63) is 29.1 Å². The first-order valence-electron chi connectivity index (χ1n) is 7.05. The minimum atomic E-state index is -0.0848. The largest absolute Gasteiger partial charge is 0.390 e. The molecular formula is C14H22ClN3O2. The molecule has 2 N–H and O–H groups in total. The van der Waals surface area contributed by atoms with E-state index in [1.807, 2.05) is 16.6 Å². The molecule has 0 radical (unpaired) electrons. The first-order chi connectivity index (χ1) is 9.71. The number of piperazine rings is 1. The Kier molecular flexibility index (Phi) is 6.19. The molecule has 0 bridgehead atoms. The molecule has 1 fully saturated rings. The quantitative estimate of drug-likeness (QED) is 0.760. The molecule has 1 aromatic rings. The number of aromatic nitrogens is 1. The second-order valence-corrected chi connectivity index (χ2v) is 5.61. The topological polar surface area (TPSA) is 59.8 Å². The van der Waals surface area contributed by atoms with Crippen molar-refractivity contribution in [3.63, 3.8) is 0 Å². The van der Waals surface area contributed by atoms with E-state index >= 15 is 0 Å². The number of nitrogens with zero attached hydrogens (tertiary/aromatic N) is 3. The summed E-state index contributed by atoms with van der Waals surface area (Å²) in [7, 11) is 0. The summed E-state index contributed by atoms with van der Waals surface area (Å²) < 4.78 is 1.83. The van der Waals surface area contributed by atoms with Crippen LogP contribution in [-0.2, 0) is 19.6 Å². The predicted molar refractivity (Wildman–Crippen MR) is 78.3 cm³/mol. The van der Waals surface area contributed by atoms with Crippen LogP contribution in [-0.4, -0.2) is 57.2 Å². The molecule has 1 saturated heterocycles. The molecule has 0 aromatic carbocycles. The van der Waals surface area contributed by atoms with Gasteiger partial charge in [0.05, 0.1) is 24.6 Å². The van der Waals surface area contributed by atoms with Crippen molar-refractivity contribution in [1.82, 2.24) is 14.3 Å². The molecule has 5 nitrogen and oxygen atoms in total. The fourth-order valence-electron chi connectivity index (χ4n) is 2.48. The van der Waals surface area contributed by atoms with Crippen LogP contribution in [0.25, 0.3) is 0 Å². The molecule has 1 aliphatic rings. The number of aryl methyl sites for hydroxylation is 1. The Bertz CT molecular complexity index is 401. The smallest absolute Gasteiger partial charge is 0.0853 e. The van der Waals surface area contributed by atoms with Gasteiger partial charge in [-0.25, -0.2) is 4.42 Å². The summed E-state index contributed by atoms with van der Waals surface area (Å²) in [6, 6.07) is 3.83.